The Morgan fingerprint density at radius 1 is 0.457 bits per heavy atom. The Bertz CT molecular complexity index is 532. The molecular formula is C13H12F18O3Sn. The Balaban J connectivity index is 7.16. The monoisotopic (exact) mass is 678 g/mol. The van der Waals surface area contributed by atoms with E-state index in [0.29, 0.717) is 0 Å². The summed E-state index contributed by atoms with van der Waals surface area (Å²) in [5.74, 6) is 0. The van der Waals surface area contributed by atoms with E-state index in [2.05, 4.69) is 9.22 Å². The summed E-state index contributed by atoms with van der Waals surface area (Å²) in [6.45, 7) is 0.928. The summed E-state index contributed by atoms with van der Waals surface area (Å²) in [5.41, 5.74) is 0. The van der Waals surface area contributed by atoms with Crippen LogP contribution >= 0.6 is 0 Å². The molecule has 0 radical (unpaired) electrons. The molecule has 0 unspecified atom stereocenters. The van der Waals surface area contributed by atoms with Crippen LogP contribution in [0.2, 0.25) is 4.44 Å². The van der Waals surface area contributed by atoms with Crippen molar-refractivity contribution in [3.63, 3.8) is 0 Å². The Labute approximate surface area is 188 Å². The van der Waals surface area contributed by atoms with Gasteiger partial charge in [-0.25, -0.2) is 0 Å². The molecule has 0 atom stereocenters. The van der Waals surface area contributed by atoms with Crippen molar-refractivity contribution in [2.75, 3.05) is 0 Å². The first-order valence-electron chi connectivity index (χ1n) is 8.51. The summed E-state index contributed by atoms with van der Waals surface area (Å²) in [5, 5.41) is 0. The second-order valence-corrected chi connectivity index (χ2v) is 13.9. The molecule has 0 aliphatic heterocycles. The molecule has 0 aliphatic rings. The van der Waals surface area contributed by atoms with Gasteiger partial charge in [0.05, 0.1) is 0 Å². The molecule has 3 nitrogen and oxygen atoms in total. The van der Waals surface area contributed by atoms with Gasteiger partial charge >= 0.3 is 187 Å². The molecule has 0 fully saturated rings. The van der Waals surface area contributed by atoms with Crippen LogP contribution in [0, 0.1) is 0 Å². The second kappa shape index (κ2) is 11.0. The van der Waals surface area contributed by atoms with Crippen LogP contribution in [0.15, 0.2) is 0 Å². The maximum absolute atomic E-state index is 12.9. The van der Waals surface area contributed by atoms with E-state index in [1.807, 2.05) is 0 Å². The Morgan fingerprint density at radius 3 is 0.800 bits per heavy atom. The van der Waals surface area contributed by atoms with Gasteiger partial charge in [0.15, 0.2) is 0 Å². The third-order valence-electron chi connectivity index (χ3n) is 3.51. The number of rotatable bonds is 9. The van der Waals surface area contributed by atoms with Crippen LogP contribution in [0.3, 0.4) is 0 Å². The Morgan fingerprint density at radius 2 is 0.657 bits per heavy atom. The number of alkyl halides is 18. The van der Waals surface area contributed by atoms with E-state index >= 15 is 0 Å². The molecule has 0 aromatic rings. The molecule has 22 heteroatoms. The summed E-state index contributed by atoms with van der Waals surface area (Å²) in [4.78, 5) is 0. The summed E-state index contributed by atoms with van der Waals surface area (Å²) in [6.07, 6.45) is -58.7. The number of hydrogen-bond donors (Lipinski definition) is 0. The zero-order valence-electron chi connectivity index (χ0n) is 16.4. The molecular weight excluding hydrogens is 665 g/mol. The van der Waals surface area contributed by atoms with Crippen molar-refractivity contribution in [3.05, 3.63) is 0 Å². The van der Waals surface area contributed by atoms with Gasteiger partial charge in [-0.15, -0.1) is 0 Å². The third kappa shape index (κ3) is 10.7. The number of unbranched alkanes of at least 4 members (excludes halogenated alkanes) is 1. The fourth-order valence-corrected chi connectivity index (χ4v) is 11.2. The van der Waals surface area contributed by atoms with Crippen LogP contribution in [0.4, 0.5) is 79.0 Å². The average Bonchev–Trinajstić information content (AvgIpc) is 2.53. The molecule has 0 saturated heterocycles. The second-order valence-electron chi connectivity index (χ2n) is 6.53. The zero-order chi connectivity index (χ0) is 28.5. The van der Waals surface area contributed by atoms with Gasteiger partial charge in [0.1, 0.15) is 0 Å². The molecule has 0 amide bonds. The van der Waals surface area contributed by atoms with Crippen LogP contribution in [0.5, 0.6) is 0 Å². The molecule has 0 N–H and O–H groups in total. The van der Waals surface area contributed by atoms with E-state index < -0.39 is 92.3 Å². The Kier molecular flexibility index (Phi) is 10.9. The van der Waals surface area contributed by atoms with E-state index in [1.165, 1.54) is 0 Å². The van der Waals surface area contributed by atoms with Gasteiger partial charge in [-0.2, -0.15) is 0 Å². The van der Waals surface area contributed by atoms with E-state index in [4.69, 9.17) is 0 Å². The molecule has 0 spiro atoms. The first-order chi connectivity index (χ1) is 15.1. The molecule has 0 saturated carbocycles. The number of hydrogen-bond acceptors (Lipinski definition) is 3. The first-order valence-corrected chi connectivity index (χ1v) is 14.0. The Hall–Kier alpha value is -0.581. The zero-order valence-corrected chi connectivity index (χ0v) is 19.2. The van der Waals surface area contributed by atoms with E-state index in [0.717, 1.165) is 6.92 Å². The molecule has 0 rings (SSSR count). The minimum atomic E-state index is -8.52. The molecule has 35 heavy (non-hydrogen) atoms. The summed E-state index contributed by atoms with van der Waals surface area (Å²) in [6, 6.07) is 0. The fourth-order valence-electron chi connectivity index (χ4n) is 2.15. The van der Waals surface area contributed by atoms with Crippen LogP contribution in [0.1, 0.15) is 19.8 Å². The van der Waals surface area contributed by atoms with Crippen LogP contribution in [-0.2, 0) is 9.22 Å². The first kappa shape index (κ1) is 34.4. The molecule has 0 aromatic heterocycles. The molecule has 0 aromatic carbocycles. The normalized spacial score (nSPS) is 15.6. The van der Waals surface area contributed by atoms with Gasteiger partial charge < -0.3 is 0 Å². The van der Waals surface area contributed by atoms with Gasteiger partial charge in [0.25, 0.3) is 0 Å². The van der Waals surface area contributed by atoms with Crippen molar-refractivity contribution in [2.45, 2.75) is 79.6 Å². The van der Waals surface area contributed by atoms with Crippen molar-refractivity contribution < 1.29 is 88.2 Å². The number of halogens is 18. The SMILES string of the molecule is CCC[CH2][Sn]([O]C(C(F)(F)F)C(F)(F)F)([O]C(C(F)(F)F)C(F)(F)F)[O]C(C(F)(F)F)C(F)(F)F. The minimum absolute atomic E-state index is 0.580. The molecule has 0 heterocycles. The van der Waals surface area contributed by atoms with Crippen molar-refractivity contribution in [2.24, 2.45) is 0 Å². The fraction of sp³-hybridized carbons (Fsp3) is 1.00. The summed E-state index contributed by atoms with van der Waals surface area (Å²) >= 11 is -8.52. The van der Waals surface area contributed by atoms with Gasteiger partial charge in [-0.3, -0.25) is 0 Å². The van der Waals surface area contributed by atoms with Crippen LogP contribution in [0.25, 0.3) is 0 Å². The quantitative estimate of drug-likeness (QED) is 0.190. The predicted octanol–water partition coefficient (Wildman–Crippen LogP) is 7.25. The summed E-state index contributed by atoms with van der Waals surface area (Å²) < 4.78 is 239. The summed E-state index contributed by atoms with van der Waals surface area (Å²) in [7, 11) is 0. The average molecular weight is 677 g/mol. The van der Waals surface area contributed by atoms with Crippen LogP contribution < -0.4 is 0 Å². The standard InChI is InChI=1S/C4H9.3C3HF6O.Sn/c1-3-4-2;3*4-2(5,6)1(10)3(7,8)9;/h1,3-4H2,2H3;3*1H;/q;3*-1;+3. The van der Waals surface area contributed by atoms with Gasteiger partial charge in [-0.1, -0.05) is 0 Å². The van der Waals surface area contributed by atoms with Crippen molar-refractivity contribution in [1.82, 2.24) is 0 Å². The van der Waals surface area contributed by atoms with E-state index in [-0.39, 0.29) is 0 Å². The van der Waals surface area contributed by atoms with Crippen molar-refractivity contribution in [1.29, 1.82) is 0 Å². The van der Waals surface area contributed by atoms with Crippen molar-refractivity contribution in [3.8, 4) is 0 Å². The molecule has 0 aliphatic carbocycles. The van der Waals surface area contributed by atoms with Gasteiger partial charge in [0.2, 0.25) is 0 Å². The third-order valence-corrected chi connectivity index (χ3v) is 11.4. The molecule has 212 valence electrons. The maximum atomic E-state index is 12.9. The van der Waals surface area contributed by atoms with Gasteiger partial charge in [0, 0.05) is 0 Å². The van der Waals surface area contributed by atoms with Gasteiger partial charge in [-0.05, 0) is 0 Å². The predicted molar refractivity (Wildman–Crippen MR) is 76.4 cm³/mol. The van der Waals surface area contributed by atoms with E-state index in [1.54, 1.807) is 0 Å². The molecule has 0 bridgehead atoms. The topological polar surface area (TPSA) is 27.7 Å². The van der Waals surface area contributed by atoms with E-state index in [9.17, 15) is 79.0 Å². The van der Waals surface area contributed by atoms with Crippen LogP contribution in [-0.4, -0.2) is 75.0 Å². The van der Waals surface area contributed by atoms with Crippen molar-refractivity contribution >= 4 is 19.6 Å².